The van der Waals surface area contributed by atoms with Crippen LogP contribution in [0.15, 0.2) is 23.1 Å². The summed E-state index contributed by atoms with van der Waals surface area (Å²) in [5.41, 5.74) is 2.04. The Balaban J connectivity index is 2.24. The Hall–Kier alpha value is -0.580. The van der Waals surface area contributed by atoms with E-state index in [0.29, 0.717) is 29.8 Å². The fraction of sp³-hybridized carbons (Fsp3) is 0.625. The molecule has 1 aliphatic heterocycles. The maximum atomic E-state index is 12.7. The summed E-state index contributed by atoms with van der Waals surface area (Å²) >= 11 is 5.95. The van der Waals surface area contributed by atoms with Crippen LogP contribution in [-0.2, 0) is 22.3 Å². The largest absolute Gasteiger partial charge is 0.243 e. The Morgan fingerprint density at radius 2 is 2.05 bits per heavy atom. The minimum absolute atomic E-state index is 0.352. The summed E-state index contributed by atoms with van der Waals surface area (Å²) in [6, 6.07) is 5.36. The second-order valence-corrected chi connectivity index (χ2v) is 7.93. The lowest BCUT2D eigenvalue weighted by Crippen LogP contribution is -2.29. The Bertz CT molecular complexity index is 586. The minimum Gasteiger partial charge on any atom is -0.207 e. The molecule has 1 heterocycles. The molecule has 1 aromatic rings. The number of benzene rings is 1. The summed E-state index contributed by atoms with van der Waals surface area (Å²) < 4.78 is 27.1. The molecule has 1 atom stereocenters. The lowest BCUT2D eigenvalue weighted by atomic mass is 10.0. The Kier molecular flexibility index (Phi) is 5.69. The molecule has 1 aromatic carbocycles. The van der Waals surface area contributed by atoms with Crippen molar-refractivity contribution >= 4 is 21.6 Å². The fourth-order valence-corrected chi connectivity index (χ4v) is 4.87. The van der Waals surface area contributed by atoms with Crippen molar-refractivity contribution < 1.29 is 8.42 Å². The van der Waals surface area contributed by atoms with E-state index >= 15 is 0 Å². The molecular formula is C16H24ClNO2S. The summed E-state index contributed by atoms with van der Waals surface area (Å²) in [6.07, 6.45) is 4.06. The van der Waals surface area contributed by atoms with E-state index in [-0.39, 0.29) is 0 Å². The van der Waals surface area contributed by atoms with Gasteiger partial charge in [-0.3, -0.25) is 0 Å². The third kappa shape index (κ3) is 3.61. The van der Waals surface area contributed by atoms with Gasteiger partial charge in [-0.25, -0.2) is 8.42 Å². The van der Waals surface area contributed by atoms with Crippen molar-refractivity contribution in [1.82, 2.24) is 4.31 Å². The second kappa shape index (κ2) is 7.12. The van der Waals surface area contributed by atoms with Crippen molar-refractivity contribution in [3.8, 4) is 0 Å². The fourth-order valence-electron chi connectivity index (χ4n) is 3.04. The van der Waals surface area contributed by atoms with E-state index in [1.807, 2.05) is 6.07 Å². The molecule has 0 bridgehead atoms. The van der Waals surface area contributed by atoms with Crippen LogP contribution in [0.3, 0.4) is 0 Å². The molecule has 2 rings (SSSR count). The van der Waals surface area contributed by atoms with Gasteiger partial charge < -0.3 is 0 Å². The van der Waals surface area contributed by atoms with Crippen LogP contribution in [0.4, 0.5) is 0 Å². The topological polar surface area (TPSA) is 37.4 Å². The maximum absolute atomic E-state index is 12.7. The molecule has 21 heavy (non-hydrogen) atoms. The highest BCUT2D eigenvalue weighted by Crippen LogP contribution is 2.28. The lowest BCUT2D eigenvalue weighted by molar-refractivity contribution is 0.444. The first-order valence-corrected chi connectivity index (χ1v) is 9.68. The molecule has 0 N–H and O–H groups in total. The molecule has 0 amide bonds. The van der Waals surface area contributed by atoms with Crippen LogP contribution >= 0.6 is 11.6 Å². The number of hydrogen-bond acceptors (Lipinski definition) is 2. The standard InChI is InChI=1S/C16H24ClNO2S/c1-3-5-13-8-9-18(12-13)21(19,20)16-7-6-14(4-2)15(10-16)11-17/h6-7,10,13H,3-5,8-9,11-12H2,1-2H3. The molecular weight excluding hydrogens is 306 g/mol. The monoisotopic (exact) mass is 329 g/mol. The molecule has 0 aliphatic carbocycles. The molecule has 1 unspecified atom stereocenters. The van der Waals surface area contributed by atoms with Crippen LogP contribution in [0.25, 0.3) is 0 Å². The van der Waals surface area contributed by atoms with Gasteiger partial charge in [-0.15, -0.1) is 11.6 Å². The first-order chi connectivity index (χ1) is 10.0. The molecule has 3 nitrogen and oxygen atoms in total. The second-order valence-electron chi connectivity index (χ2n) is 5.72. The van der Waals surface area contributed by atoms with Crippen molar-refractivity contribution in [1.29, 1.82) is 0 Å². The first-order valence-electron chi connectivity index (χ1n) is 7.70. The van der Waals surface area contributed by atoms with E-state index in [1.54, 1.807) is 16.4 Å². The first kappa shape index (κ1) is 16.8. The van der Waals surface area contributed by atoms with E-state index in [1.165, 1.54) is 0 Å². The van der Waals surface area contributed by atoms with Gasteiger partial charge in [0.25, 0.3) is 0 Å². The van der Waals surface area contributed by atoms with E-state index in [2.05, 4.69) is 13.8 Å². The smallest absolute Gasteiger partial charge is 0.207 e. The van der Waals surface area contributed by atoms with Gasteiger partial charge in [0.1, 0.15) is 0 Å². The predicted octanol–water partition coefficient (Wildman–Crippen LogP) is 3.80. The van der Waals surface area contributed by atoms with Gasteiger partial charge in [0, 0.05) is 19.0 Å². The van der Waals surface area contributed by atoms with Gasteiger partial charge in [-0.1, -0.05) is 26.3 Å². The molecule has 1 saturated heterocycles. The lowest BCUT2D eigenvalue weighted by Gasteiger charge is -2.18. The van der Waals surface area contributed by atoms with Crippen LogP contribution in [0.1, 0.15) is 44.2 Å². The third-order valence-electron chi connectivity index (χ3n) is 4.29. The van der Waals surface area contributed by atoms with Crippen LogP contribution in [0.2, 0.25) is 0 Å². The molecule has 5 heteroatoms. The highest BCUT2D eigenvalue weighted by Gasteiger charge is 2.32. The number of nitrogens with zero attached hydrogens (tertiary/aromatic N) is 1. The Morgan fingerprint density at radius 1 is 1.29 bits per heavy atom. The molecule has 0 spiro atoms. The van der Waals surface area contributed by atoms with Gasteiger partial charge in [0.15, 0.2) is 0 Å². The van der Waals surface area contributed by atoms with Crippen molar-refractivity contribution in [2.45, 2.75) is 50.3 Å². The van der Waals surface area contributed by atoms with Crippen molar-refractivity contribution in [2.75, 3.05) is 13.1 Å². The van der Waals surface area contributed by atoms with E-state index < -0.39 is 10.0 Å². The average molecular weight is 330 g/mol. The highest BCUT2D eigenvalue weighted by atomic mass is 35.5. The summed E-state index contributed by atoms with van der Waals surface area (Å²) in [5, 5.41) is 0. The summed E-state index contributed by atoms with van der Waals surface area (Å²) in [7, 11) is -3.37. The molecule has 1 aliphatic rings. The molecule has 0 aromatic heterocycles. The molecule has 118 valence electrons. The molecule has 0 saturated carbocycles. The average Bonchev–Trinajstić information content (AvgIpc) is 2.96. The van der Waals surface area contributed by atoms with Gasteiger partial charge >= 0.3 is 0 Å². The molecule has 1 fully saturated rings. The summed E-state index contributed by atoms with van der Waals surface area (Å²) in [5.74, 6) is 0.859. The van der Waals surface area contributed by atoms with Crippen molar-refractivity contribution in [3.63, 3.8) is 0 Å². The number of sulfonamides is 1. The van der Waals surface area contributed by atoms with Crippen molar-refractivity contribution in [2.24, 2.45) is 5.92 Å². The van der Waals surface area contributed by atoms with E-state index in [4.69, 9.17) is 11.6 Å². The highest BCUT2D eigenvalue weighted by molar-refractivity contribution is 7.89. The normalized spacial score (nSPS) is 20.0. The number of halogens is 1. The van der Waals surface area contributed by atoms with Gasteiger partial charge in [0.2, 0.25) is 10.0 Å². The number of alkyl halides is 1. The summed E-state index contributed by atoms with van der Waals surface area (Å²) in [6.45, 7) is 5.49. The zero-order chi connectivity index (χ0) is 15.5. The number of aryl methyl sites for hydroxylation is 1. The Morgan fingerprint density at radius 3 is 2.67 bits per heavy atom. The van der Waals surface area contributed by atoms with Crippen LogP contribution in [-0.4, -0.2) is 25.8 Å². The predicted molar refractivity (Wildman–Crippen MR) is 87.2 cm³/mol. The molecule has 0 radical (unpaired) electrons. The van der Waals surface area contributed by atoms with Crippen LogP contribution in [0, 0.1) is 5.92 Å². The van der Waals surface area contributed by atoms with Gasteiger partial charge in [0.05, 0.1) is 4.90 Å². The Labute approximate surface area is 133 Å². The summed E-state index contributed by atoms with van der Waals surface area (Å²) in [4.78, 5) is 0.382. The quantitative estimate of drug-likeness (QED) is 0.744. The van der Waals surface area contributed by atoms with Crippen molar-refractivity contribution in [3.05, 3.63) is 29.3 Å². The number of rotatable bonds is 6. The third-order valence-corrected chi connectivity index (χ3v) is 6.43. The van der Waals surface area contributed by atoms with E-state index in [9.17, 15) is 8.42 Å². The SMILES string of the molecule is CCCC1CCN(S(=O)(=O)c2ccc(CC)c(CCl)c2)C1. The van der Waals surface area contributed by atoms with Crippen LogP contribution in [0.5, 0.6) is 0 Å². The van der Waals surface area contributed by atoms with Crippen LogP contribution < -0.4 is 0 Å². The van der Waals surface area contributed by atoms with E-state index in [0.717, 1.165) is 36.8 Å². The minimum atomic E-state index is -3.37. The number of hydrogen-bond donors (Lipinski definition) is 0. The zero-order valence-corrected chi connectivity index (χ0v) is 14.4. The zero-order valence-electron chi connectivity index (χ0n) is 12.8. The maximum Gasteiger partial charge on any atom is 0.243 e. The van der Waals surface area contributed by atoms with Gasteiger partial charge in [-0.05, 0) is 48.4 Å². The van der Waals surface area contributed by atoms with Gasteiger partial charge in [-0.2, -0.15) is 4.31 Å².